The van der Waals surface area contributed by atoms with Crippen LogP contribution < -0.4 is 15.4 Å². The highest BCUT2D eigenvalue weighted by Gasteiger charge is 2.07. The summed E-state index contributed by atoms with van der Waals surface area (Å²) >= 11 is 1.73. The Morgan fingerprint density at radius 1 is 1.27 bits per heavy atom. The molecule has 2 aromatic rings. The van der Waals surface area contributed by atoms with Gasteiger partial charge in [0.2, 0.25) is 0 Å². The topological polar surface area (TPSA) is 45.7 Å². The standard InChI is InChI=1S/C17H23N3OS/c1-13(15-8-9-22-12-15)10-19-17(18-2)20-11-14-6-4-5-7-16(14)21-3/h4-9,12-13H,10-11H2,1-3H3,(H2,18,19,20). The number of ether oxygens (including phenoxy) is 1. The van der Waals surface area contributed by atoms with E-state index in [9.17, 15) is 0 Å². The molecule has 2 rings (SSSR count). The van der Waals surface area contributed by atoms with E-state index in [1.165, 1.54) is 5.56 Å². The van der Waals surface area contributed by atoms with Crippen molar-refractivity contribution >= 4 is 17.3 Å². The summed E-state index contributed by atoms with van der Waals surface area (Å²) < 4.78 is 5.36. The molecule has 0 aliphatic rings. The first-order valence-electron chi connectivity index (χ1n) is 7.33. The first-order valence-corrected chi connectivity index (χ1v) is 8.27. The molecule has 1 aromatic carbocycles. The summed E-state index contributed by atoms with van der Waals surface area (Å²) in [5.41, 5.74) is 2.47. The van der Waals surface area contributed by atoms with Crippen molar-refractivity contribution in [3.05, 3.63) is 52.2 Å². The summed E-state index contributed by atoms with van der Waals surface area (Å²) in [6.45, 7) is 3.74. The Hall–Kier alpha value is -2.01. The molecule has 2 N–H and O–H groups in total. The summed E-state index contributed by atoms with van der Waals surface area (Å²) in [6, 6.07) is 10.2. The molecule has 0 aliphatic heterocycles. The lowest BCUT2D eigenvalue weighted by molar-refractivity contribution is 0.409. The maximum atomic E-state index is 5.36. The maximum Gasteiger partial charge on any atom is 0.191 e. The molecule has 0 saturated carbocycles. The molecule has 22 heavy (non-hydrogen) atoms. The van der Waals surface area contributed by atoms with Crippen LogP contribution in [0.15, 0.2) is 46.1 Å². The maximum absolute atomic E-state index is 5.36. The van der Waals surface area contributed by atoms with Gasteiger partial charge in [0.15, 0.2) is 5.96 Å². The third-order valence-electron chi connectivity index (χ3n) is 3.55. The van der Waals surface area contributed by atoms with Crippen LogP contribution >= 0.6 is 11.3 Å². The zero-order valence-electron chi connectivity index (χ0n) is 13.3. The molecule has 1 aromatic heterocycles. The van der Waals surface area contributed by atoms with Crippen molar-refractivity contribution in [3.63, 3.8) is 0 Å². The Morgan fingerprint density at radius 2 is 2.09 bits per heavy atom. The molecule has 0 spiro atoms. The van der Waals surface area contributed by atoms with E-state index in [-0.39, 0.29) is 0 Å². The average Bonchev–Trinajstić information content (AvgIpc) is 3.09. The number of benzene rings is 1. The number of guanidine groups is 1. The molecule has 1 atom stereocenters. The van der Waals surface area contributed by atoms with Crippen molar-refractivity contribution in [2.24, 2.45) is 4.99 Å². The molecule has 118 valence electrons. The molecule has 0 bridgehead atoms. The van der Waals surface area contributed by atoms with Crippen LogP contribution in [0.25, 0.3) is 0 Å². The predicted octanol–water partition coefficient (Wildman–Crippen LogP) is 3.23. The van der Waals surface area contributed by atoms with Crippen molar-refractivity contribution in [2.75, 3.05) is 20.7 Å². The fraction of sp³-hybridized carbons (Fsp3) is 0.353. The minimum atomic E-state index is 0.455. The SMILES string of the molecule is CN=C(NCc1ccccc1OC)NCC(C)c1ccsc1. The lowest BCUT2D eigenvalue weighted by atomic mass is 10.1. The van der Waals surface area contributed by atoms with E-state index in [0.717, 1.165) is 23.8 Å². The fourth-order valence-electron chi connectivity index (χ4n) is 2.17. The number of nitrogens with one attached hydrogen (secondary N) is 2. The average molecular weight is 317 g/mol. The van der Waals surface area contributed by atoms with E-state index < -0.39 is 0 Å². The Labute approximate surface area is 136 Å². The van der Waals surface area contributed by atoms with Crippen LogP contribution in [0.3, 0.4) is 0 Å². The second kappa shape index (κ2) is 8.44. The van der Waals surface area contributed by atoms with E-state index in [1.54, 1.807) is 25.5 Å². The zero-order valence-corrected chi connectivity index (χ0v) is 14.1. The molecular formula is C17H23N3OS. The van der Waals surface area contributed by atoms with E-state index in [4.69, 9.17) is 4.74 Å². The van der Waals surface area contributed by atoms with Gasteiger partial charge in [-0.3, -0.25) is 4.99 Å². The van der Waals surface area contributed by atoms with Crippen molar-refractivity contribution in [3.8, 4) is 5.75 Å². The van der Waals surface area contributed by atoms with Crippen LogP contribution in [-0.2, 0) is 6.54 Å². The summed E-state index contributed by atoms with van der Waals surface area (Å²) in [4.78, 5) is 4.27. The highest BCUT2D eigenvalue weighted by Crippen LogP contribution is 2.18. The van der Waals surface area contributed by atoms with Crippen LogP contribution in [0.5, 0.6) is 5.75 Å². The van der Waals surface area contributed by atoms with Crippen LogP contribution in [-0.4, -0.2) is 26.7 Å². The molecule has 4 nitrogen and oxygen atoms in total. The molecule has 0 radical (unpaired) electrons. The number of para-hydroxylation sites is 1. The van der Waals surface area contributed by atoms with Crippen LogP contribution in [0.1, 0.15) is 24.0 Å². The molecule has 0 saturated heterocycles. The van der Waals surface area contributed by atoms with E-state index in [1.807, 2.05) is 24.3 Å². The van der Waals surface area contributed by atoms with Gasteiger partial charge < -0.3 is 15.4 Å². The van der Waals surface area contributed by atoms with Gasteiger partial charge in [-0.1, -0.05) is 25.1 Å². The van der Waals surface area contributed by atoms with Crippen molar-refractivity contribution in [1.82, 2.24) is 10.6 Å². The first-order chi connectivity index (χ1) is 10.7. The minimum absolute atomic E-state index is 0.455. The number of thiophene rings is 1. The highest BCUT2D eigenvalue weighted by molar-refractivity contribution is 7.07. The quantitative estimate of drug-likeness (QED) is 0.635. The van der Waals surface area contributed by atoms with Gasteiger partial charge in [0.1, 0.15) is 5.75 Å². The van der Waals surface area contributed by atoms with Gasteiger partial charge in [-0.25, -0.2) is 0 Å². The number of nitrogens with zero attached hydrogens (tertiary/aromatic N) is 1. The lowest BCUT2D eigenvalue weighted by Crippen LogP contribution is -2.38. The predicted molar refractivity (Wildman–Crippen MR) is 93.9 cm³/mol. The van der Waals surface area contributed by atoms with Crippen LogP contribution in [0, 0.1) is 0 Å². The number of rotatable bonds is 6. The van der Waals surface area contributed by atoms with Gasteiger partial charge in [-0.2, -0.15) is 11.3 Å². The smallest absolute Gasteiger partial charge is 0.191 e. The third-order valence-corrected chi connectivity index (χ3v) is 4.25. The van der Waals surface area contributed by atoms with Gasteiger partial charge in [-0.15, -0.1) is 0 Å². The summed E-state index contributed by atoms with van der Waals surface area (Å²) in [6.07, 6.45) is 0. The van der Waals surface area contributed by atoms with Crippen LogP contribution in [0.2, 0.25) is 0 Å². The summed E-state index contributed by atoms with van der Waals surface area (Å²) in [7, 11) is 3.47. The van der Waals surface area contributed by atoms with Crippen molar-refractivity contribution < 1.29 is 4.74 Å². The number of hydrogen-bond acceptors (Lipinski definition) is 3. The number of methoxy groups -OCH3 is 1. The third kappa shape index (κ3) is 4.49. The van der Waals surface area contributed by atoms with Crippen molar-refractivity contribution in [2.45, 2.75) is 19.4 Å². The Morgan fingerprint density at radius 3 is 2.77 bits per heavy atom. The molecule has 0 aliphatic carbocycles. The Balaban J connectivity index is 1.85. The minimum Gasteiger partial charge on any atom is -0.496 e. The second-order valence-corrected chi connectivity index (χ2v) is 5.86. The Kier molecular flexibility index (Phi) is 6.27. The van der Waals surface area contributed by atoms with Crippen LogP contribution in [0.4, 0.5) is 0 Å². The highest BCUT2D eigenvalue weighted by atomic mass is 32.1. The van der Waals surface area contributed by atoms with Gasteiger partial charge in [0.25, 0.3) is 0 Å². The molecule has 1 unspecified atom stereocenters. The Bertz CT molecular complexity index is 596. The molecule has 5 heteroatoms. The van der Waals surface area contributed by atoms with Gasteiger partial charge in [0.05, 0.1) is 7.11 Å². The van der Waals surface area contributed by atoms with Gasteiger partial charge in [-0.05, 0) is 34.4 Å². The molecule has 0 fully saturated rings. The number of hydrogen-bond donors (Lipinski definition) is 2. The van der Waals surface area contributed by atoms with Gasteiger partial charge in [0, 0.05) is 25.7 Å². The molecule has 1 heterocycles. The zero-order chi connectivity index (χ0) is 15.8. The monoisotopic (exact) mass is 317 g/mol. The molecular weight excluding hydrogens is 294 g/mol. The van der Waals surface area contributed by atoms with E-state index >= 15 is 0 Å². The molecule has 0 amide bonds. The fourth-order valence-corrected chi connectivity index (χ4v) is 2.95. The van der Waals surface area contributed by atoms with E-state index in [2.05, 4.69) is 39.4 Å². The van der Waals surface area contributed by atoms with E-state index in [0.29, 0.717) is 12.5 Å². The van der Waals surface area contributed by atoms with Crippen molar-refractivity contribution in [1.29, 1.82) is 0 Å². The normalized spacial score (nSPS) is 12.8. The number of aliphatic imine (C=N–C) groups is 1. The summed E-state index contributed by atoms with van der Waals surface area (Å²) in [5.74, 6) is 2.14. The first kappa shape index (κ1) is 16.4. The van der Waals surface area contributed by atoms with Gasteiger partial charge >= 0.3 is 0 Å². The lowest BCUT2D eigenvalue weighted by Gasteiger charge is -2.16. The largest absolute Gasteiger partial charge is 0.496 e. The summed E-state index contributed by atoms with van der Waals surface area (Å²) in [5, 5.41) is 11.0. The second-order valence-electron chi connectivity index (χ2n) is 5.08.